The highest BCUT2D eigenvalue weighted by Gasteiger charge is 2.08. The first-order valence-corrected chi connectivity index (χ1v) is 5.34. The predicted molar refractivity (Wildman–Crippen MR) is 63.0 cm³/mol. The van der Waals surface area contributed by atoms with E-state index in [2.05, 4.69) is 10.6 Å². The van der Waals surface area contributed by atoms with Gasteiger partial charge in [-0.1, -0.05) is 25.1 Å². The molecule has 1 aromatic rings. The lowest BCUT2D eigenvalue weighted by Crippen LogP contribution is -2.28. The van der Waals surface area contributed by atoms with Crippen molar-refractivity contribution < 1.29 is 9.59 Å². The number of hydrogen-bond acceptors (Lipinski definition) is 2. The quantitative estimate of drug-likeness (QED) is 0.739. The van der Waals surface area contributed by atoms with Gasteiger partial charge in [0, 0.05) is 12.2 Å². The Morgan fingerprint density at radius 1 is 1.12 bits per heavy atom. The molecule has 4 heteroatoms. The van der Waals surface area contributed by atoms with E-state index < -0.39 is 0 Å². The Morgan fingerprint density at radius 3 is 2.44 bits per heavy atom. The molecule has 0 bridgehead atoms. The largest absolute Gasteiger partial charge is 0.356 e. The van der Waals surface area contributed by atoms with E-state index >= 15 is 0 Å². The molecule has 4 nitrogen and oxygen atoms in total. The Balaban J connectivity index is 2.34. The highest BCUT2D eigenvalue weighted by molar-refractivity contribution is 6.03. The van der Waals surface area contributed by atoms with E-state index in [4.69, 9.17) is 0 Å². The van der Waals surface area contributed by atoms with Crippen molar-refractivity contribution in [3.8, 4) is 0 Å². The minimum absolute atomic E-state index is 0.130. The molecule has 0 radical (unpaired) electrons. The van der Waals surface area contributed by atoms with Crippen molar-refractivity contribution in [2.24, 2.45) is 0 Å². The van der Waals surface area contributed by atoms with Gasteiger partial charge in [0.25, 0.3) is 0 Å². The molecule has 0 saturated heterocycles. The van der Waals surface area contributed by atoms with Gasteiger partial charge in [-0.3, -0.25) is 9.59 Å². The molecule has 0 aromatic heterocycles. The molecule has 16 heavy (non-hydrogen) atoms. The molecule has 0 aliphatic carbocycles. The number of amides is 2. The lowest BCUT2D eigenvalue weighted by molar-refractivity contribution is -0.126. The van der Waals surface area contributed by atoms with Gasteiger partial charge in [0.1, 0.15) is 6.42 Å². The third-order valence-electron chi connectivity index (χ3n) is 1.95. The molecule has 86 valence electrons. The summed E-state index contributed by atoms with van der Waals surface area (Å²) in [5.74, 6) is -0.532. The molecule has 0 saturated carbocycles. The summed E-state index contributed by atoms with van der Waals surface area (Å²) in [6.45, 7) is 2.57. The van der Waals surface area contributed by atoms with Gasteiger partial charge >= 0.3 is 0 Å². The Bertz CT molecular complexity index is 349. The molecule has 0 atom stereocenters. The van der Waals surface area contributed by atoms with Crippen molar-refractivity contribution in [3.05, 3.63) is 30.3 Å². The molecule has 0 aliphatic rings. The third kappa shape index (κ3) is 4.59. The van der Waals surface area contributed by atoms with E-state index in [1.54, 1.807) is 12.1 Å². The summed E-state index contributed by atoms with van der Waals surface area (Å²) in [7, 11) is 0. The van der Waals surface area contributed by atoms with Gasteiger partial charge in [0.2, 0.25) is 11.8 Å². The van der Waals surface area contributed by atoms with Gasteiger partial charge in [0.05, 0.1) is 0 Å². The van der Waals surface area contributed by atoms with Crippen molar-refractivity contribution >= 4 is 17.5 Å². The second kappa shape index (κ2) is 6.61. The van der Waals surface area contributed by atoms with Gasteiger partial charge in [-0.25, -0.2) is 0 Å². The lowest BCUT2D eigenvalue weighted by Gasteiger charge is -2.05. The topological polar surface area (TPSA) is 58.2 Å². The van der Waals surface area contributed by atoms with Gasteiger partial charge in [0.15, 0.2) is 0 Å². The van der Waals surface area contributed by atoms with Crippen LogP contribution in [0.5, 0.6) is 0 Å². The second-order valence-electron chi connectivity index (χ2n) is 3.44. The number of carbonyl (C=O) groups is 2. The fraction of sp³-hybridized carbons (Fsp3) is 0.333. The number of rotatable bonds is 5. The SMILES string of the molecule is CCCNC(=O)CC(=O)Nc1ccccc1. The number of benzene rings is 1. The maximum atomic E-state index is 11.4. The molecule has 0 heterocycles. The molecular weight excluding hydrogens is 204 g/mol. The molecule has 0 fully saturated rings. The van der Waals surface area contributed by atoms with Crippen LogP contribution in [-0.2, 0) is 9.59 Å². The Morgan fingerprint density at radius 2 is 1.81 bits per heavy atom. The van der Waals surface area contributed by atoms with Crippen molar-refractivity contribution in [2.45, 2.75) is 19.8 Å². The summed E-state index contributed by atoms with van der Waals surface area (Å²) >= 11 is 0. The van der Waals surface area contributed by atoms with Crippen molar-refractivity contribution in [1.82, 2.24) is 5.32 Å². The maximum absolute atomic E-state index is 11.4. The standard InChI is InChI=1S/C12H16N2O2/c1-2-8-13-11(15)9-12(16)14-10-6-4-3-5-7-10/h3-7H,2,8-9H2,1H3,(H,13,15)(H,14,16). The third-order valence-corrected chi connectivity index (χ3v) is 1.95. The molecule has 2 N–H and O–H groups in total. The number of hydrogen-bond donors (Lipinski definition) is 2. The van der Waals surface area contributed by atoms with Gasteiger partial charge < -0.3 is 10.6 Å². The number of nitrogens with one attached hydrogen (secondary N) is 2. The average molecular weight is 220 g/mol. The summed E-state index contributed by atoms with van der Waals surface area (Å²) in [6, 6.07) is 9.08. The number of anilines is 1. The summed E-state index contributed by atoms with van der Waals surface area (Å²) in [5.41, 5.74) is 0.704. The highest BCUT2D eigenvalue weighted by atomic mass is 16.2. The first-order valence-electron chi connectivity index (χ1n) is 5.34. The van der Waals surface area contributed by atoms with Crippen molar-refractivity contribution in [3.63, 3.8) is 0 Å². The summed E-state index contributed by atoms with van der Waals surface area (Å²) < 4.78 is 0. The maximum Gasteiger partial charge on any atom is 0.233 e. The van der Waals surface area contributed by atoms with E-state index in [-0.39, 0.29) is 18.2 Å². The van der Waals surface area contributed by atoms with Crippen LogP contribution in [0.25, 0.3) is 0 Å². The second-order valence-corrected chi connectivity index (χ2v) is 3.44. The fourth-order valence-electron chi connectivity index (χ4n) is 1.20. The van der Waals surface area contributed by atoms with E-state index in [0.717, 1.165) is 6.42 Å². The minimum Gasteiger partial charge on any atom is -0.356 e. The highest BCUT2D eigenvalue weighted by Crippen LogP contribution is 2.05. The molecule has 1 aromatic carbocycles. The molecular formula is C12H16N2O2. The van der Waals surface area contributed by atoms with Crippen LogP contribution in [0, 0.1) is 0 Å². The predicted octanol–water partition coefficient (Wildman–Crippen LogP) is 1.54. The first kappa shape index (κ1) is 12.2. The van der Waals surface area contributed by atoms with E-state index in [9.17, 15) is 9.59 Å². The van der Waals surface area contributed by atoms with Gasteiger partial charge in [-0.05, 0) is 18.6 Å². The Kier molecular flexibility index (Phi) is 5.05. The van der Waals surface area contributed by atoms with Crippen molar-refractivity contribution in [1.29, 1.82) is 0 Å². The van der Waals surface area contributed by atoms with Crippen LogP contribution in [0.1, 0.15) is 19.8 Å². The van der Waals surface area contributed by atoms with E-state index in [1.165, 1.54) is 0 Å². The molecule has 0 unspecified atom stereocenters. The van der Waals surface area contributed by atoms with Crippen molar-refractivity contribution in [2.75, 3.05) is 11.9 Å². The van der Waals surface area contributed by atoms with Crippen LogP contribution < -0.4 is 10.6 Å². The summed E-state index contributed by atoms with van der Waals surface area (Å²) in [6.07, 6.45) is 0.737. The molecule has 2 amide bonds. The van der Waals surface area contributed by atoms with Crippen LogP contribution in [0.3, 0.4) is 0 Å². The first-order chi connectivity index (χ1) is 7.72. The smallest absolute Gasteiger partial charge is 0.233 e. The zero-order valence-corrected chi connectivity index (χ0v) is 9.32. The fourth-order valence-corrected chi connectivity index (χ4v) is 1.20. The normalized spacial score (nSPS) is 9.56. The Hall–Kier alpha value is -1.84. The number of para-hydroxylation sites is 1. The zero-order valence-electron chi connectivity index (χ0n) is 9.32. The number of carbonyl (C=O) groups excluding carboxylic acids is 2. The van der Waals surface area contributed by atoms with Crippen LogP contribution >= 0.6 is 0 Å². The van der Waals surface area contributed by atoms with Gasteiger partial charge in [-0.15, -0.1) is 0 Å². The van der Waals surface area contributed by atoms with Crippen LogP contribution in [0.4, 0.5) is 5.69 Å². The van der Waals surface area contributed by atoms with Crippen LogP contribution in [-0.4, -0.2) is 18.4 Å². The van der Waals surface area contributed by atoms with Gasteiger partial charge in [-0.2, -0.15) is 0 Å². The molecule has 0 aliphatic heterocycles. The van der Waals surface area contributed by atoms with Crippen LogP contribution in [0.2, 0.25) is 0 Å². The summed E-state index contributed by atoms with van der Waals surface area (Å²) in [4.78, 5) is 22.6. The summed E-state index contributed by atoms with van der Waals surface area (Å²) in [5, 5.41) is 5.30. The van der Waals surface area contributed by atoms with E-state index in [1.807, 2.05) is 25.1 Å². The average Bonchev–Trinajstić information content (AvgIpc) is 2.27. The van der Waals surface area contributed by atoms with Crippen LogP contribution in [0.15, 0.2) is 30.3 Å². The van der Waals surface area contributed by atoms with E-state index in [0.29, 0.717) is 12.2 Å². The minimum atomic E-state index is -0.292. The Labute approximate surface area is 95.0 Å². The molecule has 1 rings (SSSR count). The monoisotopic (exact) mass is 220 g/mol. The molecule has 0 spiro atoms. The zero-order chi connectivity index (χ0) is 11.8. The lowest BCUT2D eigenvalue weighted by atomic mass is 10.3.